The van der Waals surface area contributed by atoms with Crippen LogP contribution in [0.5, 0.6) is 5.75 Å². The molecule has 1 aromatic carbocycles. The second kappa shape index (κ2) is 6.58. The minimum atomic E-state index is -4.72. The lowest BCUT2D eigenvalue weighted by Gasteiger charge is -2.13. The Balaban J connectivity index is 2.54. The fourth-order valence-corrected chi connectivity index (χ4v) is 1.20. The molecular weight excluding hydrogens is 251 g/mol. The Bertz CT molecular complexity index is 354. The molecule has 1 atom stereocenters. The highest BCUT2D eigenvalue weighted by Gasteiger charge is 2.31. The van der Waals surface area contributed by atoms with Crippen molar-refractivity contribution in [2.45, 2.75) is 12.7 Å². The molecule has 0 aliphatic heterocycles. The summed E-state index contributed by atoms with van der Waals surface area (Å²) in [5, 5.41) is 12.4. The van der Waals surface area contributed by atoms with Gasteiger partial charge in [-0.2, -0.15) is 0 Å². The average molecular weight is 265 g/mol. The zero-order chi connectivity index (χ0) is 13.6. The Morgan fingerprint density at radius 3 is 2.39 bits per heavy atom. The maximum absolute atomic E-state index is 11.9. The molecule has 1 aromatic rings. The lowest BCUT2D eigenvalue weighted by atomic mass is 10.2. The molecule has 0 spiro atoms. The number of aliphatic hydroxyl groups is 1. The lowest BCUT2D eigenvalue weighted by Crippen LogP contribution is -2.17. The molecule has 0 fully saturated rings. The summed E-state index contributed by atoms with van der Waals surface area (Å²) in [5.74, 6) is -0.339. The van der Waals surface area contributed by atoms with Crippen LogP contribution in [0, 0.1) is 0 Å². The van der Waals surface area contributed by atoms with Crippen molar-refractivity contribution < 1.29 is 27.8 Å². The van der Waals surface area contributed by atoms with Crippen LogP contribution in [0.15, 0.2) is 24.3 Å². The van der Waals surface area contributed by atoms with Gasteiger partial charge in [0.2, 0.25) is 0 Å². The monoisotopic (exact) mass is 265 g/mol. The second-order valence-electron chi connectivity index (χ2n) is 3.44. The first-order chi connectivity index (χ1) is 8.42. The second-order valence-corrected chi connectivity index (χ2v) is 3.44. The highest BCUT2D eigenvalue weighted by molar-refractivity contribution is 5.27. The minimum absolute atomic E-state index is 0.290. The molecule has 0 amide bonds. The van der Waals surface area contributed by atoms with Crippen LogP contribution in [0.3, 0.4) is 0 Å². The molecule has 0 bridgehead atoms. The number of nitrogens with one attached hydrogen (secondary N) is 1. The van der Waals surface area contributed by atoms with Crippen molar-refractivity contribution in [3.8, 4) is 5.75 Å². The summed E-state index contributed by atoms with van der Waals surface area (Å²) in [6.07, 6.45) is -5.89. The molecule has 7 heteroatoms. The molecule has 0 radical (unpaired) electrons. The van der Waals surface area contributed by atoms with Gasteiger partial charge in [-0.1, -0.05) is 12.1 Å². The van der Waals surface area contributed by atoms with Crippen LogP contribution in [0.25, 0.3) is 0 Å². The quantitative estimate of drug-likeness (QED) is 0.608. The van der Waals surface area contributed by atoms with Crippen molar-refractivity contribution in [2.24, 2.45) is 0 Å². The van der Waals surface area contributed by atoms with E-state index in [2.05, 4.69) is 10.1 Å². The molecule has 0 saturated carbocycles. The smallest absolute Gasteiger partial charge is 0.406 e. The summed E-state index contributed by atoms with van der Waals surface area (Å²) in [7, 11) is 1.74. The van der Waals surface area contributed by atoms with E-state index in [0.717, 1.165) is 12.1 Å². The van der Waals surface area contributed by atoms with E-state index in [4.69, 9.17) is 4.74 Å². The predicted octanol–water partition coefficient (Wildman–Crippen LogP) is 1.81. The molecule has 0 heterocycles. The molecule has 2 N–H and O–H groups in total. The van der Waals surface area contributed by atoms with E-state index in [1.165, 1.54) is 12.1 Å². The van der Waals surface area contributed by atoms with Gasteiger partial charge in [0.15, 0.2) is 6.29 Å². The van der Waals surface area contributed by atoms with E-state index >= 15 is 0 Å². The first-order valence-corrected chi connectivity index (χ1v) is 5.22. The molecule has 1 unspecified atom stereocenters. The highest BCUT2D eigenvalue weighted by Crippen LogP contribution is 2.24. The first kappa shape index (κ1) is 14.7. The molecule has 0 aliphatic rings. The molecule has 1 rings (SSSR count). The van der Waals surface area contributed by atoms with Gasteiger partial charge in [-0.25, -0.2) is 0 Å². The van der Waals surface area contributed by atoms with Crippen LogP contribution in [0.2, 0.25) is 0 Å². The van der Waals surface area contributed by atoms with Crippen LogP contribution < -0.4 is 10.1 Å². The Labute approximate surface area is 102 Å². The Morgan fingerprint density at radius 2 is 1.89 bits per heavy atom. The fourth-order valence-electron chi connectivity index (χ4n) is 1.20. The zero-order valence-electron chi connectivity index (χ0n) is 9.70. The van der Waals surface area contributed by atoms with E-state index in [-0.39, 0.29) is 5.75 Å². The Morgan fingerprint density at radius 1 is 1.28 bits per heavy atom. The van der Waals surface area contributed by atoms with Gasteiger partial charge in [-0.05, 0) is 19.2 Å². The number of aliphatic hydroxyl groups excluding tert-OH is 1. The maximum Gasteiger partial charge on any atom is 0.573 e. The largest absolute Gasteiger partial charge is 0.573 e. The van der Waals surface area contributed by atoms with Crippen molar-refractivity contribution in [1.29, 1.82) is 0 Å². The molecular formula is C11H14F3NO3. The average Bonchev–Trinajstić information content (AvgIpc) is 2.28. The van der Waals surface area contributed by atoms with Gasteiger partial charge >= 0.3 is 6.36 Å². The first-order valence-electron chi connectivity index (χ1n) is 5.22. The van der Waals surface area contributed by atoms with E-state index in [1.54, 1.807) is 7.05 Å². The summed E-state index contributed by atoms with van der Waals surface area (Å²) in [6, 6.07) is 4.86. The summed E-state index contributed by atoms with van der Waals surface area (Å²) in [5.41, 5.74) is 0.362. The van der Waals surface area contributed by atoms with Crippen molar-refractivity contribution in [2.75, 3.05) is 20.2 Å². The third-order valence-electron chi connectivity index (χ3n) is 2.03. The van der Waals surface area contributed by atoms with Crippen molar-refractivity contribution in [1.82, 2.24) is 5.32 Å². The van der Waals surface area contributed by atoms with Crippen molar-refractivity contribution >= 4 is 0 Å². The number of hydrogen-bond donors (Lipinski definition) is 2. The normalized spacial score (nSPS) is 13.4. The number of alkyl halides is 3. The molecule has 102 valence electrons. The van der Waals surface area contributed by atoms with Gasteiger partial charge in [-0.15, -0.1) is 13.2 Å². The standard InChI is InChI=1S/C11H14F3NO3/c1-15-6-7-17-10(16)8-2-4-9(5-3-8)18-11(12,13)14/h2-5,10,15-16H,6-7H2,1H3. The minimum Gasteiger partial charge on any atom is -0.406 e. The van der Waals surface area contributed by atoms with Gasteiger partial charge in [0.25, 0.3) is 0 Å². The van der Waals surface area contributed by atoms with Crippen LogP contribution in [0.1, 0.15) is 11.9 Å². The van der Waals surface area contributed by atoms with Crippen LogP contribution in [-0.4, -0.2) is 31.7 Å². The van der Waals surface area contributed by atoms with E-state index in [9.17, 15) is 18.3 Å². The summed E-state index contributed by atoms with van der Waals surface area (Å²) in [4.78, 5) is 0. The van der Waals surface area contributed by atoms with Crippen LogP contribution >= 0.6 is 0 Å². The maximum atomic E-state index is 11.9. The van der Waals surface area contributed by atoms with Gasteiger partial charge in [-0.3, -0.25) is 0 Å². The Hall–Kier alpha value is -1.31. The SMILES string of the molecule is CNCCOC(O)c1ccc(OC(F)(F)F)cc1. The summed E-state index contributed by atoms with van der Waals surface area (Å²) >= 11 is 0. The molecule has 18 heavy (non-hydrogen) atoms. The molecule has 0 aromatic heterocycles. The van der Waals surface area contributed by atoms with Crippen molar-refractivity contribution in [3.05, 3.63) is 29.8 Å². The predicted molar refractivity (Wildman–Crippen MR) is 58.0 cm³/mol. The van der Waals surface area contributed by atoms with E-state index in [1.807, 2.05) is 0 Å². The Kier molecular flexibility index (Phi) is 5.39. The number of ether oxygens (including phenoxy) is 2. The number of halogens is 3. The zero-order valence-corrected chi connectivity index (χ0v) is 9.70. The van der Waals surface area contributed by atoms with Crippen molar-refractivity contribution in [3.63, 3.8) is 0 Å². The van der Waals surface area contributed by atoms with Gasteiger partial charge in [0.05, 0.1) is 6.61 Å². The molecule has 0 aliphatic carbocycles. The molecule has 0 saturated heterocycles. The number of hydrogen-bond acceptors (Lipinski definition) is 4. The molecule has 4 nitrogen and oxygen atoms in total. The van der Waals surface area contributed by atoms with Crippen LogP contribution in [-0.2, 0) is 4.74 Å². The van der Waals surface area contributed by atoms with Gasteiger partial charge in [0.1, 0.15) is 5.75 Å². The lowest BCUT2D eigenvalue weighted by molar-refractivity contribution is -0.274. The summed E-state index contributed by atoms with van der Waals surface area (Å²) in [6.45, 7) is 0.852. The highest BCUT2D eigenvalue weighted by atomic mass is 19.4. The van der Waals surface area contributed by atoms with Gasteiger partial charge in [0, 0.05) is 12.1 Å². The van der Waals surface area contributed by atoms with Crippen LogP contribution in [0.4, 0.5) is 13.2 Å². The van der Waals surface area contributed by atoms with E-state index in [0.29, 0.717) is 18.7 Å². The summed E-state index contributed by atoms with van der Waals surface area (Å²) < 4.78 is 44.4. The third kappa shape index (κ3) is 5.35. The number of likely N-dealkylation sites (N-methyl/N-ethyl adjacent to an activating group) is 1. The number of benzene rings is 1. The number of rotatable bonds is 6. The fraction of sp³-hybridized carbons (Fsp3) is 0.455. The van der Waals surface area contributed by atoms with E-state index < -0.39 is 12.7 Å². The third-order valence-corrected chi connectivity index (χ3v) is 2.03. The van der Waals surface area contributed by atoms with Gasteiger partial charge < -0.3 is 19.9 Å². The topological polar surface area (TPSA) is 50.7 Å².